The maximum absolute atomic E-state index is 11.6. The zero-order chi connectivity index (χ0) is 13.4. The first-order chi connectivity index (χ1) is 9.20. The Balaban J connectivity index is 2.20. The lowest BCUT2D eigenvalue weighted by atomic mass is 10.2. The Kier molecular flexibility index (Phi) is 2.83. The highest BCUT2D eigenvalue weighted by molar-refractivity contribution is 7.81. The van der Waals surface area contributed by atoms with Gasteiger partial charge in [-0.25, -0.2) is 4.98 Å². The van der Waals surface area contributed by atoms with Crippen LogP contribution in [0, 0.1) is 0 Å². The summed E-state index contributed by atoms with van der Waals surface area (Å²) in [4.78, 5) is 21.7. The number of benzene rings is 1. The average molecular weight is 273 g/mol. The fraction of sp³-hybridized carbons (Fsp3) is 0.167. The van der Waals surface area contributed by atoms with Gasteiger partial charge in [0.1, 0.15) is 6.33 Å². The number of nitrogens with zero attached hydrogens (tertiary/aromatic N) is 5. The SMILES string of the molecule is CN(C(=O)CS)c1nc2c3ccccc3ncn2n1. The normalized spacial score (nSPS) is 11.1. The van der Waals surface area contributed by atoms with Crippen LogP contribution < -0.4 is 4.90 Å². The largest absolute Gasteiger partial charge is 0.282 e. The van der Waals surface area contributed by atoms with Gasteiger partial charge in [-0.3, -0.25) is 9.69 Å². The van der Waals surface area contributed by atoms with Crippen molar-refractivity contribution in [2.45, 2.75) is 0 Å². The van der Waals surface area contributed by atoms with Crippen molar-refractivity contribution >= 4 is 41.0 Å². The molecule has 3 aromatic rings. The van der Waals surface area contributed by atoms with Gasteiger partial charge in [-0.1, -0.05) is 12.1 Å². The molecule has 0 bridgehead atoms. The Morgan fingerprint density at radius 3 is 3.00 bits per heavy atom. The van der Waals surface area contributed by atoms with Gasteiger partial charge in [0.05, 0.1) is 11.3 Å². The second-order valence-corrected chi connectivity index (χ2v) is 4.37. The van der Waals surface area contributed by atoms with Crippen molar-refractivity contribution in [2.75, 3.05) is 17.7 Å². The molecule has 2 aromatic heterocycles. The topological polar surface area (TPSA) is 63.4 Å². The van der Waals surface area contributed by atoms with E-state index in [0.29, 0.717) is 11.6 Å². The van der Waals surface area contributed by atoms with E-state index < -0.39 is 0 Å². The zero-order valence-corrected chi connectivity index (χ0v) is 11.1. The summed E-state index contributed by atoms with van der Waals surface area (Å²) in [7, 11) is 1.63. The third-order valence-corrected chi connectivity index (χ3v) is 3.15. The molecule has 7 heteroatoms. The molecule has 0 unspecified atom stereocenters. The molecule has 6 nitrogen and oxygen atoms in total. The smallest absolute Gasteiger partial charge is 0.252 e. The Morgan fingerprint density at radius 1 is 1.42 bits per heavy atom. The van der Waals surface area contributed by atoms with Gasteiger partial charge in [0.25, 0.3) is 5.95 Å². The summed E-state index contributed by atoms with van der Waals surface area (Å²) in [5.74, 6) is 0.305. The summed E-state index contributed by atoms with van der Waals surface area (Å²) in [6.45, 7) is 0. The maximum Gasteiger partial charge on any atom is 0.252 e. The highest BCUT2D eigenvalue weighted by Gasteiger charge is 2.15. The second kappa shape index (κ2) is 4.51. The minimum atomic E-state index is -0.156. The second-order valence-electron chi connectivity index (χ2n) is 4.05. The molecule has 0 saturated carbocycles. The minimum Gasteiger partial charge on any atom is -0.282 e. The van der Waals surface area contributed by atoms with Gasteiger partial charge in [0.15, 0.2) is 5.65 Å². The summed E-state index contributed by atoms with van der Waals surface area (Å²) < 4.78 is 1.57. The number of hydrogen-bond donors (Lipinski definition) is 1. The van der Waals surface area contributed by atoms with E-state index in [-0.39, 0.29) is 11.7 Å². The molecule has 0 spiro atoms. The minimum absolute atomic E-state index is 0.116. The molecule has 96 valence electrons. The van der Waals surface area contributed by atoms with Gasteiger partial charge in [0.2, 0.25) is 5.91 Å². The quantitative estimate of drug-likeness (QED) is 0.712. The van der Waals surface area contributed by atoms with E-state index in [0.717, 1.165) is 10.9 Å². The molecular formula is C12H11N5OS. The molecule has 2 heterocycles. The third kappa shape index (κ3) is 1.91. The first kappa shape index (κ1) is 11.9. The predicted octanol–water partition coefficient (Wildman–Crippen LogP) is 1.17. The van der Waals surface area contributed by atoms with Crippen molar-refractivity contribution in [1.82, 2.24) is 19.6 Å². The number of carbonyl (C=O) groups is 1. The fourth-order valence-corrected chi connectivity index (χ4v) is 2.04. The lowest BCUT2D eigenvalue weighted by molar-refractivity contribution is -0.115. The van der Waals surface area contributed by atoms with Crippen LogP contribution in [0.5, 0.6) is 0 Å². The Morgan fingerprint density at radius 2 is 2.21 bits per heavy atom. The monoisotopic (exact) mass is 273 g/mol. The highest BCUT2D eigenvalue weighted by atomic mass is 32.1. The summed E-state index contributed by atoms with van der Waals surface area (Å²) in [5, 5.41) is 5.14. The van der Waals surface area contributed by atoms with Crippen LogP contribution in [-0.4, -0.2) is 38.3 Å². The van der Waals surface area contributed by atoms with Crippen molar-refractivity contribution in [3.8, 4) is 0 Å². The van der Waals surface area contributed by atoms with Gasteiger partial charge in [-0.2, -0.15) is 22.1 Å². The van der Waals surface area contributed by atoms with Crippen molar-refractivity contribution in [3.63, 3.8) is 0 Å². The number of aromatic nitrogens is 4. The molecule has 19 heavy (non-hydrogen) atoms. The van der Waals surface area contributed by atoms with Gasteiger partial charge in [0, 0.05) is 12.4 Å². The molecule has 0 aliphatic heterocycles. The lowest BCUT2D eigenvalue weighted by Crippen LogP contribution is -2.28. The summed E-state index contributed by atoms with van der Waals surface area (Å²) >= 11 is 3.96. The maximum atomic E-state index is 11.6. The molecule has 0 saturated heterocycles. The Labute approximate surface area is 114 Å². The molecule has 3 rings (SSSR count). The summed E-state index contributed by atoms with van der Waals surface area (Å²) in [5.41, 5.74) is 1.52. The molecule has 0 radical (unpaired) electrons. The predicted molar refractivity (Wildman–Crippen MR) is 75.6 cm³/mol. The van der Waals surface area contributed by atoms with Gasteiger partial charge < -0.3 is 0 Å². The molecule has 0 fully saturated rings. The number of rotatable bonds is 2. The molecule has 1 amide bonds. The number of para-hydroxylation sites is 1. The van der Waals surface area contributed by atoms with Crippen LogP contribution in [0.2, 0.25) is 0 Å². The number of anilines is 1. The van der Waals surface area contributed by atoms with Crippen LogP contribution in [0.1, 0.15) is 0 Å². The van der Waals surface area contributed by atoms with E-state index >= 15 is 0 Å². The van der Waals surface area contributed by atoms with E-state index in [1.165, 1.54) is 4.90 Å². The average Bonchev–Trinajstić information content (AvgIpc) is 2.90. The van der Waals surface area contributed by atoms with Gasteiger partial charge in [-0.15, -0.1) is 5.10 Å². The van der Waals surface area contributed by atoms with Crippen molar-refractivity contribution < 1.29 is 4.79 Å². The Hall–Kier alpha value is -2.15. The van der Waals surface area contributed by atoms with Crippen molar-refractivity contribution in [1.29, 1.82) is 0 Å². The van der Waals surface area contributed by atoms with Crippen LogP contribution >= 0.6 is 12.6 Å². The Bertz CT molecular complexity index is 769. The highest BCUT2D eigenvalue weighted by Crippen LogP contribution is 2.18. The van der Waals surface area contributed by atoms with Crippen LogP contribution in [-0.2, 0) is 4.79 Å². The first-order valence-electron chi connectivity index (χ1n) is 5.68. The molecular weight excluding hydrogens is 262 g/mol. The number of amides is 1. The number of hydrogen-bond acceptors (Lipinski definition) is 5. The van der Waals surface area contributed by atoms with Gasteiger partial charge in [-0.05, 0) is 12.1 Å². The van der Waals surface area contributed by atoms with Crippen LogP contribution in [0.3, 0.4) is 0 Å². The van der Waals surface area contributed by atoms with E-state index in [2.05, 4.69) is 27.7 Å². The van der Waals surface area contributed by atoms with Gasteiger partial charge >= 0.3 is 0 Å². The molecule has 0 atom stereocenters. The van der Waals surface area contributed by atoms with Crippen molar-refractivity contribution in [3.05, 3.63) is 30.6 Å². The van der Waals surface area contributed by atoms with E-state index in [9.17, 15) is 4.79 Å². The first-order valence-corrected chi connectivity index (χ1v) is 6.31. The molecule has 1 aromatic carbocycles. The van der Waals surface area contributed by atoms with Crippen LogP contribution in [0.4, 0.5) is 5.95 Å². The number of carbonyl (C=O) groups excluding carboxylic acids is 1. The molecule has 0 N–H and O–H groups in total. The zero-order valence-electron chi connectivity index (χ0n) is 10.2. The van der Waals surface area contributed by atoms with Crippen LogP contribution in [0.15, 0.2) is 30.6 Å². The fourth-order valence-electron chi connectivity index (χ4n) is 1.83. The summed E-state index contributed by atoms with van der Waals surface area (Å²) in [6, 6.07) is 7.67. The number of thiol groups is 1. The van der Waals surface area contributed by atoms with E-state index in [1.807, 2.05) is 24.3 Å². The van der Waals surface area contributed by atoms with E-state index in [4.69, 9.17) is 0 Å². The lowest BCUT2D eigenvalue weighted by Gasteiger charge is -2.09. The van der Waals surface area contributed by atoms with Crippen LogP contribution in [0.25, 0.3) is 16.6 Å². The summed E-state index contributed by atoms with van der Waals surface area (Å²) in [6.07, 6.45) is 1.59. The van der Waals surface area contributed by atoms with Crippen molar-refractivity contribution in [2.24, 2.45) is 0 Å². The number of fused-ring (bicyclic) bond motifs is 3. The molecule has 0 aliphatic rings. The van der Waals surface area contributed by atoms with E-state index in [1.54, 1.807) is 17.9 Å². The standard InChI is InChI=1S/C12H11N5OS/c1-16(10(18)6-19)12-14-11-8-4-2-3-5-9(8)13-7-17(11)15-12/h2-5,7,19H,6H2,1H3. The molecule has 0 aliphatic carbocycles. The third-order valence-electron chi connectivity index (χ3n) is 2.88.